The van der Waals surface area contributed by atoms with E-state index in [9.17, 15) is 9.59 Å². The highest BCUT2D eigenvalue weighted by Gasteiger charge is 2.32. The zero-order valence-corrected chi connectivity index (χ0v) is 7.36. The highest BCUT2D eigenvalue weighted by atomic mass is 16.5. The van der Waals surface area contributed by atoms with Gasteiger partial charge in [-0.25, -0.2) is 0 Å². The maximum absolute atomic E-state index is 10.7. The monoisotopic (exact) mass is 185 g/mol. The lowest BCUT2D eigenvalue weighted by Gasteiger charge is -2.27. The maximum Gasteiger partial charge on any atom is 0.310 e. The van der Waals surface area contributed by atoms with Gasteiger partial charge in [-0.3, -0.25) is 9.59 Å². The molecule has 1 aliphatic rings. The second-order valence-corrected chi connectivity index (χ2v) is 3.26. The lowest BCUT2D eigenvalue weighted by molar-refractivity contribution is -0.157. The summed E-state index contributed by atoms with van der Waals surface area (Å²) in [7, 11) is 0. The van der Waals surface area contributed by atoms with E-state index in [2.05, 4.69) is 6.92 Å². The van der Waals surface area contributed by atoms with Gasteiger partial charge in [0.15, 0.2) is 0 Å². The molecular formula is C9H13O4. The second kappa shape index (κ2) is 4.25. The largest absolute Gasteiger partial charge is 0.481 e. The van der Waals surface area contributed by atoms with Crippen LogP contribution in [-0.4, -0.2) is 23.1 Å². The Hall–Kier alpha value is -1.06. The number of hydrogen-bond acceptors (Lipinski definition) is 3. The average molecular weight is 185 g/mol. The smallest absolute Gasteiger partial charge is 0.310 e. The van der Waals surface area contributed by atoms with E-state index in [1.165, 1.54) is 0 Å². The predicted octanol–water partition coefficient (Wildman–Crippen LogP) is 1.01. The van der Waals surface area contributed by atoms with Gasteiger partial charge in [-0.15, -0.1) is 0 Å². The van der Waals surface area contributed by atoms with Gasteiger partial charge in [0.2, 0.25) is 0 Å². The molecule has 0 aromatic rings. The number of esters is 1. The Bertz CT molecular complexity index is 212. The highest BCUT2D eigenvalue weighted by molar-refractivity contribution is 5.75. The van der Waals surface area contributed by atoms with E-state index < -0.39 is 24.0 Å². The molecule has 2 unspecified atom stereocenters. The molecule has 0 saturated heterocycles. The number of carbonyl (C=O) groups is 2. The molecule has 4 heteroatoms. The standard InChI is InChI=1S/C9H13O4/c1-6(10)13-8-5-3-2-4-7(8)9(11)12/h7-8H,1-5H2,(H,11,12). The minimum atomic E-state index is -0.883. The highest BCUT2D eigenvalue weighted by Crippen LogP contribution is 2.27. The molecule has 1 N–H and O–H groups in total. The minimum Gasteiger partial charge on any atom is -0.481 e. The summed E-state index contributed by atoms with van der Waals surface area (Å²) in [5.74, 6) is -2.07. The molecule has 1 rings (SSSR count). The quantitative estimate of drug-likeness (QED) is 0.652. The van der Waals surface area contributed by atoms with E-state index in [4.69, 9.17) is 9.84 Å². The molecule has 0 amide bonds. The fraction of sp³-hybridized carbons (Fsp3) is 0.667. The van der Waals surface area contributed by atoms with Crippen LogP contribution in [-0.2, 0) is 14.3 Å². The molecule has 0 aliphatic heterocycles. The van der Waals surface area contributed by atoms with Crippen LogP contribution in [0.5, 0.6) is 0 Å². The molecule has 0 spiro atoms. The first-order chi connectivity index (χ1) is 6.11. The first-order valence-corrected chi connectivity index (χ1v) is 4.36. The molecule has 4 nitrogen and oxygen atoms in total. The van der Waals surface area contributed by atoms with Gasteiger partial charge < -0.3 is 9.84 Å². The van der Waals surface area contributed by atoms with Crippen LogP contribution in [0.4, 0.5) is 0 Å². The normalized spacial score (nSPS) is 28.1. The summed E-state index contributed by atoms with van der Waals surface area (Å²) >= 11 is 0. The third-order valence-corrected chi connectivity index (χ3v) is 2.30. The zero-order chi connectivity index (χ0) is 9.84. The summed E-state index contributed by atoms with van der Waals surface area (Å²) in [6.07, 6.45) is 2.56. The van der Waals surface area contributed by atoms with E-state index in [1.807, 2.05) is 0 Å². The fourth-order valence-corrected chi connectivity index (χ4v) is 1.69. The van der Waals surface area contributed by atoms with Crippen molar-refractivity contribution in [3.8, 4) is 0 Å². The summed E-state index contributed by atoms with van der Waals surface area (Å²) in [5, 5.41) is 8.81. The van der Waals surface area contributed by atoms with Crippen molar-refractivity contribution in [1.82, 2.24) is 0 Å². The van der Waals surface area contributed by atoms with Gasteiger partial charge in [-0.1, -0.05) is 6.42 Å². The molecule has 1 aliphatic carbocycles. The first-order valence-electron chi connectivity index (χ1n) is 4.36. The molecule has 0 heterocycles. The molecule has 0 bridgehead atoms. The summed E-state index contributed by atoms with van der Waals surface area (Å²) in [6, 6.07) is 0. The predicted molar refractivity (Wildman–Crippen MR) is 44.8 cm³/mol. The molecule has 1 fully saturated rings. The van der Waals surface area contributed by atoms with Gasteiger partial charge in [-0.2, -0.15) is 0 Å². The van der Waals surface area contributed by atoms with Crippen molar-refractivity contribution in [3.63, 3.8) is 0 Å². The van der Waals surface area contributed by atoms with E-state index in [1.54, 1.807) is 0 Å². The molecule has 2 atom stereocenters. The Morgan fingerprint density at radius 1 is 1.31 bits per heavy atom. The van der Waals surface area contributed by atoms with Crippen LogP contribution >= 0.6 is 0 Å². The molecule has 13 heavy (non-hydrogen) atoms. The Kier molecular flexibility index (Phi) is 3.28. The van der Waals surface area contributed by atoms with Gasteiger partial charge >= 0.3 is 11.9 Å². The molecule has 1 saturated carbocycles. The molecule has 1 radical (unpaired) electrons. The number of carbonyl (C=O) groups excluding carboxylic acids is 1. The van der Waals surface area contributed by atoms with Crippen LogP contribution in [0.2, 0.25) is 0 Å². The van der Waals surface area contributed by atoms with Crippen molar-refractivity contribution >= 4 is 11.9 Å². The number of rotatable bonds is 2. The fourth-order valence-electron chi connectivity index (χ4n) is 1.69. The molecule has 0 aromatic heterocycles. The van der Waals surface area contributed by atoms with Gasteiger partial charge in [0.25, 0.3) is 0 Å². The van der Waals surface area contributed by atoms with Crippen molar-refractivity contribution in [3.05, 3.63) is 6.92 Å². The zero-order valence-electron chi connectivity index (χ0n) is 7.36. The van der Waals surface area contributed by atoms with E-state index in [0.717, 1.165) is 12.8 Å². The van der Waals surface area contributed by atoms with Crippen LogP contribution in [0.3, 0.4) is 0 Å². The number of aliphatic carboxylic acids is 1. The summed E-state index contributed by atoms with van der Waals surface area (Å²) < 4.78 is 4.83. The third-order valence-electron chi connectivity index (χ3n) is 2.30. The Labute approximate surface area is 76.9 Å². The summed E-state index contributed by atoms with van der Waals surface area (Å²) in [6.45, 7) is 3.07. The number of carboxylic acid groups (broad SMARTS) is 1. The minimum absolute atomic E-state index is 0.476. The Morgan fingerprint density at radius 3 is 2.46 bits per heavy atom. The SMILES string of the molecule is [CH2]C(=O)OC1CCCCC1C(=O)O. The van der Waals surface area contributed by atoms with Crippen LogP contribution in [0, 0.1) is 12.8 Å². The van der Waals surface area contributed by atoms with Gasteiger partial charge in [-0.05, 0) is 19.3 Å². The third kappa shape index (κ3) is 2.72. The summed E-state index contributed by atoms with van der Waals surface area (Å²) in [4.78, 5) is 21.3. The molecule has 0 aromatic carbocycles. The number of carboxylic acids is 1. The topological polar surface area (TPSA) is 63.6 Å². The van der Waals surface area contributed by atoms with Crippen molar-refractivity contribution in [1.29, 1.82) is 0 Å². The van der Waals surface area contributed by atoms with Gasteiger partial charge in [0.05, 0.1) is 12.8 Å². The molecular weight excluding hydrogens is 172 g/mol. The van der Waals surface area contributed by atoms with Crippen LogP contribution in [0.1, 0.15) is 25.7 Å². The average Bonchev–Trinajstić information content (AvgIpc) is 2.03. The second-order valence-electron chi connectivity index (χ2n) is 3.26. The van der Waals surface area contributed by atoms with E-state index in [0.29, 0.717) is 12.8 Å². The Morgan fingerprint density at radius 2 is 1.92 bits per heavy atom. The van der Waals surface area contributed by atoms with Crippen LogP contribution in [0.15, 0.2) is 0 Å². The van der Waals surface area contributed by atoms with Crippen molar-refractivity contribution < 1.29 is 19.4 Å². The van der Waals surface area contributed by atoms with Gasteiger partial charge in [0, 0.05) is 0 Å². The van der Waals surface area contributed by atoms with Crippen molar-refractivity contribution in [2.24, 2.45) is 5.92 Å². The summed E-state index contributed by atoms with van der Waals surface area (Å²) in [5.41, 5.74) is 0. The van der Waals surface area contributed by atoms with Crippen molar-refractivity contribution in [2.45, 2.75) is 31.8 Å². The number of hydrogen-bond donors (Lipinski definition) is 1. The lowest BCUT2D eigenvalue weighted by Crippen LogP contribution is -2.34. The van der Waals surface area contributed by atoms with Crippen LogP contribution in [0.25, 0.3) is 0 Å². The van der Waals surface area contributed by atoms with Crippen molar-refractivity contribution in [2.75, 3.05) is 0 Å². The van der Waals surface area contributed by atoms with E-state index in [-0.39, 0.29) is 0 Å². The van der Waals surface area contributed by atoms with Crippen LogP contribution < -0.4 is 0 Å². The van der Waals surface area contributed by atoms with E-state index >= 15 is 0 Å². The lowest BCUT2D eigenvalue weighted by atomic mass is 9.86. The maximum atomic E-state index is 10.7. The number of ether oxygens (including phenoxy) is 1. The van der Waals surface area contributed by atoms with Gasteiger partial charge in [0.1, 0.15) is 6.10 Å². The Balaban J connectivity index is 2.56. The first kappa shape index (κ1) is 10.0. The molecule has 73 valence electrons.